The quantitative estimate of drug-likeness (QED) is 0.269. The van der Waals surface area contributed by atoms with E-state index in [0.29, 0.717) is 5.56 Å². The highest BCUT2D eigenvalue weighted by atomic mass is 32.1. The molecule has 3 nitrogen and oxygen atoms in total. The van der Waals surface area contributed by atoms with Crippen molar-refractivity contribution in [3.63, 3.8) is 0 Å². The fourth-order valence-corrected chi connectivity index (χ4v) is 3.71. The van der Waals surface area contributed by atoms with E-state index in [1.807, 2.05) is 0 Å². The van der Waals surface area contributed by atoms with Crippen LogP contribution in [0.4, 0.5) is 75.4 Å². The molecule has 1 aromatic carbocycles. The molecule has 1 amide bonds. The van der Waals surface area contributed by atoms with Crippen molar-refractivity contribution in [3.05, 3.63) is 34.7 Å². The van der Waals surface area contributed by atoms with Crippen LogP contribution in [0.3, 0.4) is 0 Å². The number of nitrogens with zero attached hydrogens (tertiary/aromatic N) is 1. The van der Waals surface area contributed by atoms with Crippen molar-refractivity contribution in [2.75, 3.05) is 5.32 Å². The van der Waals surface area contributed by atoms with Crippen LogP contribution < -0.4 is 5.32 Å². The van der Waals surface area contributed by atoms with Crippen LogP contribution in [0.25, 0.3) is 11.3 Å². The van der Waals surface area contributed by atoms with E-state index < -0.39 is 58.9 Å². The van der Waals surface area contributed by atoms with Gasteiger partial charge in [-0.2, -0.15) is 61.5 Å². The smallest absolute Gasteiger partial charge is 0.296 e. The third-order valence-electron chi connectivity index (χ3n) is 5.33. The SMILES string of the molecule is Cc1ccc(-c2csc(NC(=O)C(F)(F)C(F)(F)C(F)(F)C(F)(F)C(F)(F)C(F)(F)C(F)(F)C(F)F)n2)c(C)c1. The van der Waals surface area contributed by atoms with Crippen LogP contribution in [0.1, 0.15) is 11.1 Å². The Morgan fingerprint density at radius 2 is 1.25 bits per heavy atom. The van der Waals surface area contributed by atoms with E-state index in [-0.39, 0.29) is 22.6 Å². The number of carbonyl (C=O) groups is 1. The molecule has 1 aromatic heterocycles. The number of carbonyl (C=O) groups excluding carboxylic acids is 1. The number of nitrogens with one attached hydrogen (secondary N) is 1. The Hall–Kier alpha value is -2.80. The van der Waals surface area contributed by atoms with Gasteiger partial charge in [-0.05, 0) is 19.4 Å². The molecule has 0 aliphatic rings. The maximum Gasteiger partial charge on any atom is 0.393 e. The van der Waals surface area contributed by atoms with Gasteiger partial charge in [0.15, 0.2) is 5.13 Å². The average molecular weight is 632 g/mol. The molecular formula is C20H12F16N2OS. The summed E-state index contributed by atoms with van der Waals surface area (Å²) in [4.78, 5) is 15.2. The highest BCUT2D eigenvalue weighted by Crippen LogP contribution is 2.62. The Morgan fingerprint density at radius 3 is 1.73 bits per heavy atom. The second-order valence-electron chi connectivity index (χ2n) is 8.18. The first-order valence-corrected chi connectivity index (χ1v) is 10.9. The van der Waals surface area contributed by atoms with Crippen molar-refractivity contribution in [3.8, 4) is 11.3 Å². The number of anilines is 1. The van der Waals surface area contributed by atoms with Crippen LogP contribution in [-0.4, -0.2) is 58.8 Å². The number of amides is 1. The molecule has 0 saturated carbocycles. The zero-order chi connectivity index (χ0) is 31.5. The highest BCUT2D eigenvalue weighted by Gasteiger charge is 2.94. The monoisotopic (exact) mass is 632 g/mol. The number of alkyl halides is 16. The van der Waals surface area contributed by atoms with Gasteiger partial charge in [-0.25, -0.2) is 13.8 Å². The molecule has 226 valence electrons. The van der Waals surface area contributed by atoms with E-state index in [4.69, 9.17) is 0 Å². The molecule has 1 heterocycles. The van der Waals surface area contributed by atoms with Gasteiger partial charge in [-0.15, -0.1) is 11.3 Å². The molecular weight excluding hydrogens is 620 g/mol. The predicted octanol–water partition coefficient (Wildman–Crippen LogP) is 8.08. The standard InChI is InChI=1S/C20H12F16N2OS/c1-7-3-4-9(8(2)5-7)10-6-40-13(37-10)38-12(39)15(25,26)17(29,30)19(33,34)20(35,36)18(31,32)16(27,28)14(23,24)11(21)22/h3-6,11H,1-2H3,(H,37,38,39). The molecule has 0 aliphatic heterocycles. The van der Waals surface area contributed by atoms with Crippen LogP contribution >= 0.6 is 11.3 Å². The molecule has 2 aromatic rings. The van der Waals surface area contributed by atoms with Crippen molar-refractivity contribution in [2.24, 2.45) is 0 Å². The first-order valence-electron chi connectivity index (χ1n) is 9.99. The first kappa shape index (κ1) is 33.4. The lowest BCUT2D eigenvalue weighted by Crippen LogP contribution is -2.74. The molecule has 0 radical (unpaired) electrons. The lowest BCUT2D eigenvalue weighted by molar-refractivity contribution is -0.443. The fourth-order valence-electron chi connectivity index (χ4n) is 3.01. The van der Waals surface area contributed by atoms with E-state index in [9.17, 15) is 75.0 Å². The van der Waals surface area contributed by atoms with Crippen LogP contribution in [0.15, 0.2) is 23.6 Å². The van der Waals surface area contributed by atoms with Crippen molar-refractivity contribution >= 4 is 22.4 Å². The topological polar surface area (TPSA) is 42.0 Å². The number of thiazole rings is 1. The largest absolute Gasteiger partial charge is 0.393 e. The van der Waals surface area contributed by atoms with Gasteiger partial charge in [0.05, 0.1) is 5.69 Å². The molecule has 20 heteroatoms. The third-order valence-corrected chi connectivity index (χ3v) is 6.09. The zero-order valence-electron chi connectivity index (χ0n) is 19.2. The van der Waals surface area contributed by atoms with Gasteiger partial charge in [0.1, 0.15) is 0 Å². The van der Waals surface area contributed by atoms with Crippen molar-refractivity contribution in [2.45, 2.75) is 61.7 Å². The van der Waals surface area contributed by atoms with E-state index in [1.165, 1.54) is 19.1 Å². The Labute approximate surface area is 216 Å². The Balaban J connectivity index is 2.45. The molecule has 0 aliphatic carbocycles. The number of rotatable bonds is 10. The number of hydrogen-bond acceptors (Lipinski definition) is 3. The van der Waals surface area contributed by atoms with Crippen molar-refractivity contribution < 1.29 is 75.0 Å². The maximum atomic E-state index is 14.1. The second-order valence-corrected chi connectivity index (χ2v) is 9.04. The third kappa shape index (κ3) is 4.74. The normalized spacial score (nSPS) is 14.6. The number of aryl methyl sites for hydroxylation is 2. The molecule has 0 atom stereocenters. The average Bonchev–Trinajstić information content (AvgIpc) is 3.25. The first-order chi connectivity index (χ1) is 17.7. The van der Waals surface area contributed by atoms with E-state index in [1.54, 1.807) is 13.0 Å². The van der Waals surface area contributed by atoms with Gasteiger partial charge in [-0.3, -0.25) is 10.1 Å². The molecule has 1 N–H and O–H groups in total. The van der Waals surface area contributed by atoms with Crippen LogP contribution in [0.5, 0.6) is 0 Å². The van der Waals surface area contributed by atoms with E-state index in [0.717, 1.165) is 16.3 Å². The van der Waals surface area contributed by atoms with Gasteiger partial charge in [0.2, 0.25) is 0 Å². The summed E-state index contributed by atoms with van der Waals surface area (Å²) < 4.78 is 215. The molecule has 40 heavy (non-hydrogen) atoms. The van der Waals surface area contributed by atoms with Gasteiger partial charge < -0.3 is 0 Å². The highest BCUT2D eigenvalue weighted by molar-refractivity contribution is 7.14. The Kier molecular flexibility index (Phi) is 8.30. The number of aromatic nitrogens is 1. The summed E-state index contributed by atoms with van der Waals surface area (Å²) in [5.41, 5.74) is 1.43. The molecule has 0 spiro atoms. The number of benzene rings is 1. The molecule has 0 fully saturated rings. The van der Waals surface area contributed by atoms with E-state index in [2.05, 4.69) is 4.98 Å². The summed E-state index contributed by atoms with van der Waals surface area (Å²) in [7, 11) is 0. The minimum atomic E-state index is -8.58. The summed E-state index contributed by atoms with van der Waals surface area (Å²) in [5, 5.41) is 0.830. The van der Waals surface area contributed by atoms with Crippen LogP contribution in [0.2, 0.25) is 0 Å². The summed E-state index contributed by atoms with van der Waals surface area (Å²) in [6.45, 7) is 3.21. The zero-order valence-corrected chi connectivity index (χ0v) is 20.0. The van der Waals surface area contributed by atoms with Gasteiger partial charge >= 0.3 is 53.8 Å². The summed E-state index contributed by atoms with van der Waals surface area (Å²) in [6.07, 6.45) is -5.93. The van der Waals surface area contributed by atoms with Gasteiger partial charge in [-0.1, -0.05) is 23.8 Å². The maximum absolute atomic E-state index is 14.1. The summed E-state index contributed by atoms with van der Waals surface area (Å²) >= 11 is 0.208. The molecule has 2 rings (SSSR count). The Bertz CT molecular complexity index is 1260. The Morgan fingerprint density at radius 1 is 0.775 bits per heavy atom. The minimum Gasteiger partial charge on any atom is -0.296 e. The van der Waals surface area contributed by atoms with Gasteiger partial charge in [0.25, 0.3) is 0 Å². The van der Waals surface area contributed by atoms with Crippen molar-refractivity contribution in [1.82, 2.24) is 4.98 Å². The van der Waals surface area contributed by atoms with Crippen LogP contribution in [-0.2, 0) is 4.79 Å². The number of halogens is 16. The molecule has 0 saturated heterocycles. The van der Waals surface area contributed by atoms with Gasteiger partial charge in [0, 0.05) is 10.9 Å². The van der Waals surface area contributed by atoms with E-state index >= 15 is 0 Å². The molecule has 0 bridgehead atoms. The van der Waals surface area contributed by atoms with Crippen LogP contribution in [0, 0.1) is 13.8 Å². The summed E-state index contributed by atoms with van der Waals surface area (Å²) in [6, 6.07) is 4.57. The predicted molar refractivity (Wildman–Crippen MR) is 106 cm³/mol. The number of hydrogen-bond donors (Lipinski definition) is 1. The lowest BCUT2D eigenvalue weighted by Gasteiger charge is -2.42. The minimum absolute atomic E-state index is 0.105. The summed E-state index contributed by atoms with van der Waals surface area (Å²) in [5.74, 6) is -60.0. The van der Waals surface area contributed by atoms with Crippen molar-refractivity contribution in [1.29, 1.82) is 0 Å². The molecule has 0 unspecified atom stereocenters. The fraction of sp³-hybridized carbons (Fsp3) is 0.500. The lowest BCUT2D eigenvalue weighted by atomic mass is 9.89. The second kappa shape index (κ2) is 9.93.